The summed E-state index contributed by atoms with van der Waals surface area (Å²) < 4.78 is 0. The molecule has 0 aromatic heterocycles. The first-order valence-electron chi connectivity index (χ1n) is 6.96. The number of piperazine rings is 1. The van der Waals surface area contributed by atoms with E-state index in [0.717, 1.165) is 13.1 Å². The van der Waals surface area contributed by atoms with E-state index >= 15 is 0 Å². The quantitative estimate of drug-likeness (QED) is 0.905. The van der Waals surface area contributed by atoms with Crippen LogP contribution in [0.3, 0.4) is 0 Å². The number of nitriles is 1. The lowest BCUT2D eigenvalue weighted by Crippen LogP contribution is -2.61. The predicted octanol–water partition coefficient (Wildman–Crippen LogP) is 2.71. The topological polar surface area (TPSA) is 39.1 Å². The van der Waals surface area contributed by atoms with Crippen molar-refractivity contribution in [2.24, 2.45) is 0 Å². The molecule has 1 N–H and O–H groups in total. The Morgan fingerprint density at radius 3 is 2.74 bits per heavy atom. The van der Waals surface area contributed by atoms with Gasteiger partial charge in [-0.25, -0.2) is 0 Å². The van der Waals surface area contributed by atoms with Gasteiger partial charge in [0.15, 0.2) is 0 Å². The van der Waals surface area contributed by atoms with Crippen molar-refractivity contribution in [3.8, 4) is 6.07 Å². The largest absolute Gasteiger partial charge is 0.309 e. The van der Waals surface area contributed by atoms with Crippen LogP contribution in [0.4, 0.5) is 0 Å². The Kier molecular flexibility index (Phi) is 4.24. The molecular formula is C16H23N3. The Bertz CT molecular complexity index is 447. The molecule has 3 nitrogen and oxygen atoms in total. The van der Waals surface area contributed by atoms with Crippen LogP contribution in [0.2, 0.25) is 0 Å². The molecule has 0 spiro atoms. The second-order valence-corrected chi connectivity index (χ2v) is 6.04. The SMILES string of the molecule is CC(c1ccccc1)N1CC(C)(C)NCC1CC#N. The highest BCUT2D eigenvalue weighted by Gasteiger charge is 2.35. The fourth-order valence-corrected chi connectivity index (χ4v) is 2.82. The van der Waals surface area contributed by atoms with Gasteiger partial charge in [-0.15, -0.1) is 0 Å². The van der Waals surface area contributed by atoms with E-state index in [0.29, 0.717) is 18.5 Å². The molecule has 3 heteroatoms. The second-order valence-electron chi connectivity index (χ2n) is 6.04. The molecular weight excluding hydrogens is 234 g/mol. The van der Waals surface area contributed by atoms with Gasteiger partial charge in [0.05, 0.1) is 12.5 Å². The summed E-state index contributed by atoms with van der Waals surface area (Å²) in [6.07, 6.45) is 0.584. The molecule has 0 bridgehead atoms. The Balaban J connectivity index is 2.20. The molecule has 2 rings (SSSR count). The fraction of sp³-hybridized carbons (Fsp3) is 0.562. The standard InChI is InChI=1S/C16H23N3/c1-13(14-7-5-4-6-8-14)19-12-16(2,3)18-11-15(19)9-10-17/h4-8,13,15,18H,9,11-12H2,1-3H3. The van der Waals surface area contributed by atoms with Gasteiger partial charge in [-0.2, -0.15) is 5.26 Å². The average Bonchev–Trinajstić information content (AvgIpc) is 2.41. The molecule has 0 radical (unpaired) electrons. The van der Waals surface area contributed by atoms with E-state index < -0.39 is 0 Å². The highest BCUT2D eigenvalue weighted by molar-refractivity contribution is 5.19. The highest BCUT2D eigenvalue weighted by Crippen LogP contribution is 2.28. The monoisotopic (exact) mass is 257 g/mol. The summed E-state index contributed by atoms with van der Waals surface area (Å²) in [5, 5.41) is 12.6. The number of nitrogens with one attached hydrogen (secondary N) is 1. The Morgan fingerprint density at radius 2 is 2.11 bits per heavy atom. The molecule has 1 fully saturated rings. The molecule has 2 atom stereocenters. The minimum atomic E-state index is 0.106. The second kappa shape index (κ2) is 5.73. The van der Waals surface area contributed by atoms with E-state index in [1.165, 1.54) is 5.56 Å². The van der Waals surface area contributed by atoms with Gasteiger partial charge in [-0.1, -0.05) is 30.3 Å². The summed E-state index contributed by atoms with van der Waals surface area (Å²) in [7, 11) is 0. The first-order chi connectivity index (χ1) is 9.03. The van der Waals surface area contributed by atoms with Gasteiger partial charge in [0.25, 0.3) is 0 Å². The molecule has 102 valence electrons. The van der Waals surface area contributed by atoms with E-state index in [9.17, 15) is 0 Å². The zero-order valence-corrected chi connectivity index (χ0v) is 12.1. The maximum atomic E-state index is 9.01. The van der Waals surface area contributed by atoms with Crippen molar-refractivity contribution in [2.75, 3.05) is 13.1 Å². The highest BCUT2D eigenvalue weighted by atomic mass is 15.3. The van der Waals surface area contributed by atoms with E-state index in [1.807, 2.05) is 6.07 Å². The fourth-order valence-electron chi connectivity index (χ4n) is 2.82. The van der Waals surface area contributed by atoms with Gasteiger partial charge in [0.1, 0.15) is 0 Å². The molecule has 19 heavy (non-hydrogen) atoms. The third-order valence-electron chi connectivity index (χ3n) is 3.97. The van der Waals surface area contributed by atoms with Crippen LogP contribution in [0.5, 0.6) is 0 Å². The molecule has 1 aliphatic heterocycles. The Labute approximate surface area is 116 Å². The van der Waals surface area contributed by atoms with E-state index in [-0.39, 0.29) is 5.54 Å². The molecule has 1 aliphatic rings. The summed E-state index contributed by atoms with van der Waals surface area (Å²) in [4.78, 5) is 2.47. The normalized spacial score (nSPS) is 24.6. The van der Waals surface area contributed by atoms with Gasteiger partial charge in [-0.05, 0) is 26.3 Å². The minimum absolute atomic E-state index is 0.106. The lowest BCUT2D eigenvalue weighted by Gasteiger charge is -2.46. The minimum Gasteiger partial charge on any atom is -0.309 e. The van der Waals surface area contributed by atoms with E-state index in [1.54, 1.807) is 0 Å². The lowest BCUT2D eigenvalue weighted by atomic mass is 9.94. The van der Waals surface area contributed by atoms with Crippen molar-refractivity contribution in [3.63, 3.8) is 0 Å². The molecule has 2 unspecified atom stereocenters. The molecule has 1 heterocycles. The predicted molar refractivity (Wildman–Crippen MR) is 77.7 cm³/mol. The Hall–Kier alpha value is -1.37. The number of benzene rings is 1. The molecule has 0 saturated carbocycles. The van der Waals surface area contributed by atoms with Crippen molar-refractivity contribution in [1.29, 1.82) is 5.26 Å². The average molecular weight is 257 g/mol. The van der Waals surface area contributed by atoms with Gasteiger partial charge in [0.2, 0.25) is 0 Å². The lowest BCUT2D eigenvalue weighted by molar-refractivity contribution is 0.0621. The van der Waals surface area contributed by atoms with Crippen LogP contribution in [0.25, 0.3) is 0 Å². The van der Waals surface area contributed by atoms with Crippen molar-refractivity contribution < 1.29 is 0 Å². The summed E-state index contributed by atoms with van der Waals surface area (Å²) in [5.41, 5.74) is 1.43. The van der Waals surface area contributed by atoms with Crippen LogP contribution in [-0.4, -0.2) is 29.6 Å². The van der Waals surface area contributed by atoms with Gasteiger partial charge in [-0.3, -0.25) is 4.90 Å². The number of nitrogens with zero attached hydrogens (tertiary/aromatic N) is 2. The van der Waals surface area contributed by atoms with Crippen LogP contribution in [0, 0.1) is 11.3 Å². The first-order valence-corrected chi connectivity index (χ1v) is 6.96. The summed E-state index contributed by atoms with van der Waals surface area (Å²) in [6, 6.07) is 13.5. The number of rotatable bonds is 3. The van der Waals surface area contributed by atoms with E-state index in [2.05, 4.69) is 61.3 Å². The summed E-state index contributed by atoms with van der Waals surface area (Å²) in [5.74, 6) is 0. The molecule has 0 aliphatic carbocycles. The van der Waals surface area contributed by atoms with E-state index in [4.69, 9.17) is 5.26 Å². The first kappa shape index (κ1) is 14.0. The molecule has 1 saturated heterocycles. The number of hydrogen-bond acceptors (Lipinski definition) is 3. The number of hydrogen-bond donors (Lipinski definition) is 1. The molecule has 1 aromatic carbocycles. The molecule has 1 aromatic rings. The summed E-state index contributed by atoms with van der Waals surface area (Å²) in [6.45, 7) is 8.54. The van der Waals surface area contributed by atoms with Crippen LogP contribution >= 0.6 is 0 Å². The summed E-state index contributed by atoms with van der Waals surface area (Å²) >= 11 is 0. The van der Waals surface area contributed by atoms with Crippen LogP contribution < -0.4 is 5.32 Å². The van der Waals surface area contributed by atoms with Gasteiger partial charge >= 0.3 is 0 Å². The van der Waals surface area contributed by atoms with Crippen molar-refractivity contribution in [3.05, 3.63) is 35.9 Å². The third-order valence-corrected chi connectivity index (χ3v) is 3.97. The molecule has 0 amide bonds. The zero-order valence-electron chi connectivity index (χ0n) is 12.1. The smallest absolute Gasteiger partial charge is 0.0638 e. The third kappa shape index (κ3) is 3.34. The zero-order chi connectivity index (χ0) is 13.9. The van der Waals surface area contributed by atoms with Crippen molar-refractivity contribution >= 4 is 0 Å². The van der Waals surface area contributed by atoms with Gasteiger partial charge in [0, 0.05) is 30.7 Å². The Morgan fingerprint density at radius 1 is 1.42 bits per heavy atom. The van der Waals surface area contributed by atoms with Crippen molar-refractivity contribution in [2.45, 2.75) is 44.8 Å². The van der Waals surface area contributed by atoms with Crippen molar-refractivity contribution in [1.82, 2.24) is 10.2 Å². The maximum Gasteiger partial charge on any atom is 0.0638 e. The van der Waals surface area contributed by atoms with Gasteiger partial charge < -0.3 is 5.32 Å². The van der Waals surface area contributed by atoms with Crippen LogP contribution in [0.15, 0.2) is 30.3 Å². The maximum absolute atomic E-state index is 9.01. The van der Waals surface area contributed by atoms with Crippen LogP contribution in [0.1, 0.15) is 38.8 Å². The van der Waals surface area contributed by atoms with Crippen LogP contribution in [-0.2, 0) is 0 Å².